The number of aromatic nitrogens is 2. The average Bonchev–Trinajstić information content (AvgIpc) is 2.45. The minimum absolute atomic E-state index is 0.747. The first-order valence-corrected chi connectivity index (χ1v) is 5.67. The molecule has 0 radical (unpaired) electrons. The van der Waals surface area contributed by atoms with Crippen LogP contribution in [-0.4, -0.2) is 16.3 Å². The second-order valence-electron chi connectivity index (χ2n) is 4.36. The number of nitrogens with zero attached hydrogens (tertiary/aromatic N) is 2. The van der Waals surface area contributed by atoms with Crippen LogP contribution in [-0.2, 0) is 6.54 Å². The highest BCUT2D eigenvalue weighted by Gasteiger charge is 2.31. The summed E-state index contributed by atoms with van der Waals surface area (Å²) in [5, 5.41) is 8.40. The van der Waals surface area contributed by atoms with Gasteiger partial charge in [0.2, 0.25) is 0 Å². The Balaban J connectivity index is 1.79. The molecular formula is C10H14ClN3. The number of hydrogen-bond acceptors (Lipinski definition) is 2. The van der Waals surface area contributed by atoms with E-state index in [2.05, 4.69) is 10.4 Å². The molecular weight excluding hydrogens is 198 g/mol. The fraction of sp³-hybridized carbons (Fsp3) is 0.700. The minimum Gasteiger partial charge on any atom is -0.369 e. The van der Waals surface area contributed by atoms with E-state index in [9.17, 15) is 0 Å². The molecule has 3 rings (SSSR count). The smallest absolute Gasteiger partial charge is 0.143 e. The van der Waals surface area contributed by atoms with Crippen molar-refractivity contribution in [2.75, 3.05) is 11.9 Å². The minimum atomic E-state index is 0.747. The van der Waals surface area contributed by atoms with Crippen LogP contribution in [0.3, 0.4) is 0 Å². The summed E-state index contributed by atoms with van der Waals surface area (Å²) in [6.45, 7) is 2.11. The molecule has 0 amide bonds. The zero-order chi connectivity index (χ0) is 9.54. The maximum absolute atomic E-state index is 5.99. The van der Waals surface area contributed by atoms with Gasteiger partial charge in [-0.25, -0.2) is 4.68 Å². The number of fused-ring (bicyclic) bond motifs is 1. The molecule has 76 valence electrons. The lowest BCUT2D eigenvalue weighted by Gasteiger charge is -2.36. The first-order valence-electron chi connectivity index (χ1n) is 5.30. The molecule has 0 aromatic carbocycles. The van der Waals surface area contributed by atoms with Crippen LogP contribution >= 0.6 is 11.6 Å². The highest BCUT2D eigenvalue weighted by Crippen LogP contribution is 2.37. The zero-order valence-corrected chi connectivity index (χ0v) is 8.80. The van der Waals surface area contributed by atoms with Gasteiger partial charge in [0, 0.05) is 13.1 Å². The van der Waals surface area contributed by atoms with Gasteiger partial charge in [-0.05, 0) is 11.8 Å². The topological polar surface area (TPSA) is 29.9 Å². The van der Waals surface area contributed by atoms with Gasteiger partial charge in [0.25, 0.3) is 0 Å². The quantitative estimate of drug-likeness (QED) is 0.773. The summed E-state index contributed by atoms with van der Waals surface area (Å²) in [6.07, 6.45) is 5.94. The summed E-state index contributed by atoms with van der Waals surface area (Å²) in [4.78, 5) is 0. The van der Waals surface area contributed by atoms with Gasteiger partial charge < -0.3 is 5.32 Å². The van der Waals surface area contributed by atoms with Crippen molar-refractivity contribution in [3.05, 3.63) is 11.2 Å². The van der Waals surface area contributed by atoms with Crippen molar-refractivity contribution in [3.8, 4) is 0 Å². The monoisotopic (exact) mass is 211 g/mol. The summed E-state index contributed by atoms with van der Waals surface area (Å²) in [5.74, 6) is 2.67. The first kappa shape index (κ1) is 8.60. The number of anilines is 1. The molecule has 1 aliphatic heterocycles. The third-order valence-corrected chi connectivity index (χ3v) is 3.83. The molecule has 0 spiro atoms. The van der Waals surface area contributed by atoms with Crippen molar-refractivity contribution in [2.24, 2.45) is 11.8 Å². The first-order chi connectivity index (χ1) is 6.84. The predicted octanol–water partition coefficient (Wildman–Crippen LogP) is 2.38. The third kappa shape index (κ3) is 1.22. The van der Waals surface area contributed by atoms with Gasteiger partial charge in [-0.1, -0.05) is 30.9 Å². The van der Waals surface area contributed by atoms with Crippen molar-refractivity contribution >= 4 is 17.4 Å². The van der Waals surface area contributed by atoms with Crippen LogP contribution in [0.1, 0.15) is 19.3 Å². The van der Waals surface area contributed by atoms with Crippen LogP contribution in [0, 0.1) is 11.8 Å². The molecule has 2 heterocycles. The molecule has 14 heavy (non-hydrogen) atoms. The lowest BCUT2D eigenvalue weighted by atomic mass is 9.75. The van der Waals surface area contributed by atoms with Gasteiger partial charge in [-0.3, -0.25) is 0 Å². The van der Waals surface area contributed by atoms with Crippen molar-refractivity contribution in [1.82, 2.24) is 9.78 Å². The SMILES string of the molecule is Clc1cnn2c1NCC(C1CCC1)C2. The van der Waals surface area contributed by atoms with Crippen LogP contribution in [0.25, 0.3) is 0 Å². The molecule has 0 bridgehead atoms. The highest BCUT2D eigenvalue weighted by atomic mass is 35.5. The maximum Gasteiger partial charge on any atom is 0.143 e. The van der Waals surface area contributed by atoms with E-state index >= 15 is 0 Å². The normalized spacial score (nSPS) is 26.5. The van der Waals surface area contributed by atoms with Crippen LogP contribution in [0.4, 0.5) is 5.82 Å². The van der Waals surface area contributed by atoms with E-state index in [1.807, 2.05) is 4.68 Å². The van der Waals surface area contributed by atoms with E-state index in [1.165, 1.54) is 19.3 Å². The molecule has 4 heteroatoms. The molecule has 1 aromatic heterocycles. The van der Waals surface area contributed by atoms with Gasteiger partial charge in [-0.15, -0.1) is 0 Å². The van der Waals surface area contributed by atoms with Crippen molar-refractivity contribution in [2.45, 2.75) is 25.8 Å². The maximum atomic E-state index is 5.99. The van der Waals surface area contributed by atoms with Crippen LogP contribution in [0.2, 0.25) is 5.02 Å². The molecule has 1 N–H and O–H groups in total. The molecule has 3 nitrogen and oxygen atoms in total. The highest BCUT2D eigenvalue weighted by molar-refractivity contribution is 6.32. The third-order valence-electron chi connectivity index (χ3n) is 3.55. The lowest BCUT2D eigenvalue weighted by Crippen LogP contribution is -2.35. The molecule has 1 saturated carbocycles. The molecule has 1 atom stereocenters. The van der Waals surface area contributed by atoms with Crippen LogP contribution in [0.15, 0.2) is 6.20 Å². The van der Waals surface area contributed by atoms with Gasteiger partial charge in [-0.2, -0.15) is 5.10 Å². The Kier molecular flexibility index (Phi) is 1.94. The average molecular weight is 212 g/mol. The fourth-order valence-corrected chi connectivity index (χ4v) is 2.63. The Morgan fingerprint density at radius 1 is 1.43 bits per heavy atom. The molecule has 1 aliphatic carbocycles. The van der Waals surface area contributed by atoms with E-state index in [4.69, 9.17) is 11.6 Å². The number of hydrogen-bond donors (Lipinski definition) is 1. The van der Waals surface area contributed by atoms with E-state index in [-0.39, 0.29) is 0 Å². The number of rotatable bonds is 1. The van der Waals surface area contributed by atoms with E-state index in [0.29, 0.717) is 0 Å². The van der Waals surface area contributed by atoms with Crippen molar-refractivity contribution < 1.29 is 0 Å². The second-order valence-corrected chi connectivity index (χ2v) is 4.76. The van der Waals surface area contributed by atoms with Crippen molar-refractivity contribution in [3.63, 3.8) is 0 Å². The van der Waals surface area contributed by atoms with E-state index in [1.54, 1.807) is 6.20 Å². The van der Waals surface area contributed by atoms with Gasteiger partial charge in [0.15, 0.2) is 0 Å². The number of halogens is 1. The Morgan fingerprint density at radius 3 is 3.00 bits per heavy atom. The zero-order valence-electron chi connectivity index (χ0n) is 8.04. The van der Waals surface area contributed by atoms with Gasteiger partial charge >= 0.3 is 0 Å². The fourth-order valence-electron chi connectivity index (χ4n) is 2.42. The Morgan fingerprint density at radius 2 is 2.29 bits per heavy atom. The van der Waals surface area contributed by atoms with Crippen LogP contribution in [0.5, 0.6) is 0 Å². The molecule has 1 aromatic rings. The summed E-state index contributed by atoms with van der Waals surface area (Å²) in [7, 11) is 0. The molecule has 2 aliphatic rings. The van der Waals surface area contributed by atoms with E-state index in [0.717, 1.165) is 35.8 Å². The summed E-state index contributed by atoms with van der Waals surface area (Å²) >= 11 is 5.99. The molecule has 0 saturated heterocycles. The molecule has 1 fully saturated rings. The van der Waals surface area contributed by atoms with Crippen molar-refractivity contribution in [1.29, 1.82) is 0 Å². The standard InChI is InChI=1S/C10H14ClN3/c11-9-5-13-14-6-8(4-12-10(9)14)7-2-1-3-7/h5,7-8,12H,1-4,6H2. The lowest BCUT2D eigenvalue weighted by molar-refractivity contribution is 0.184. The van der Waals surface area contributed by atoms with Gasteiger partial charge in [0.05, 0.1) is 6.20 Å². The summed E-state index contributed by atoms with van der Waals surface area (Å²) < 4.78 is 2.01. The predicted molar refractivity (Wildman–Crippen MR) is 56.6 cm³/mol. The Hall–Kier alpha value is -0.700. The Bertz CT molecular complexity index is 343. The largest absolute Gasteiger partial charge is 0.369 e. The molecule has 1 unspecified atom stereocenters. The number of nitrogens with one attached hydrogen (secondary N) is 1. The second kappa shape index (κ2) is 3.16. The Labute approximate surface area is 88.4 Å². The van der Waals surface area contributed by atoms with Crippen LogP contribution < -0.4 is 5.32 Å². The van der Waals surface area contributed by atoms with E-state index < -0.39 is 0 Å². The summed E-state index contributed by atoms with van der Waals surface area (Å²) in [6, 6.07) is 0. The summed E-state index contributed by atoms with van der Waals surface area (Å²) in [5.41, 5.74) is 0. The van der Waals surface area contributed by atoms with Gasteiger partial charge in [0.1, 0.15) is 10.8 Å².